The number of nitrogens with one attached hydrogen (secondary N) is 1. The van der Waals surface area contributed by atoms with Gasteiger partial charge in [-0.15, -0.1) is 0 Å². The molecule has 0 spiro atoms. The molecule has 1 aromatic carbocycles. The lowest BCUT2D eigenvalue weighted by Crippen LogP contribution is -2.05. The summed E-state index contributed by atoms with van der Waals surface area (Å²) in [6.45, 7) is 0. The molecule has 0 fully saturated rings. The number of aromatic amines is 1. The number of rotatable bonds is 3. The fraction of sp³-hybridized carbons (Fsp3) is 0.0714. The van der Waals surface area contributed by atoms with Gasteiger partial charge in [-0.05, 0) is 24.5 Å². The second kappa shape index (κ2) is 5.34. The molecule has 3 rings (SSSR count). The summed E-state index contributed by atoms with van der Waals surface area (Å²) in [6, 6.07) is 11.1. The topological polar surface area (TPSA) is 63.6 Å². The van der Waals surface area contributed by atoms with Gasteiger partial charge in [0, 0.05) is 29.7 Å². The Morgan fingerprint density at radius 2 is 1.95 bits per heavy atom. The lowest BCUT2D eigenvalue weighted by atomic mass is 10.1. The summed E-state index contributed by atoms with van der Waals surface area (Å²) in [7, 11) is 0. The van der Waals surface area contributed by atoms with Crippen LogP contribution in [0.25, 0.3) is 16.9 Å². The Morgan fingerprint density at radius 3 is 2.60 bits per heavy atom. The fourth-order valence-electron chi connectivity index (χ4n) is 1.94. The lowest BCUT2D eigenvalue weighted by Gasteiger charge is -2.07. The number of imidazole rings is 1. The maximum Gasteiger partial charge on any atom is 0.264 e. The zero-order chi connectivity index (χ0) is 13.9. The minimum atomic E-state index is -0.201. The molecule has 3 aromatic rings. The molecule has 0 aliphatic rings. The molecule has 0 saturated heterocycles. The minimum absolute atomic E-state index is 0.201. The molecule has 0 unspecified atom stereocenters. The summed E-state index contributed by atoms with van der Waals surface area (Å²) < 4.78 is 2.02. The molecule has 1 N–H and O–H groups in total. The normalized spacial score (nSPS) is 10.7. The molecule has 0 amide bonds. The van der Waals surface area contributed by atoms with Gasteiger partial charge < -0.3 is 0 Å². The first-order valence-electron chi connectivity index (χ1n) is 6.02. The van der Waals surface area contributed by atoms with Crippen LogP contribution in [0.5, 0.6) is 0 Å². The third-order valence-electron chi connectivity index (χ3n) is 2.91. The van der Waals surface area contributed by atoms with Gasteiger partial charge in [-0.3, -0.25) is 9.36 Å². The van der Waals surface area contributed by atoms with Gasteiger partial charge in [-0.25, -0.2) is 10.1 Å². The molecular formula is C14H12N4OS. The van der Waals surface area contributed by atoms with E-state index in [9.17, 15) is 4.79 Å². The van der Waals surface area contributed by atoms with Gasteiger partial charge in [0.15, 0.2) is 5.16 Å². The number of hydrogen-bond donors (Lipinski definition) is 1. The summed E-state index contributed by atoms with van der Waals surface area (Å²) in [5.41, 5.74) is 2.54. The van der Waals surface area contributed by atoms with Crippen molar-refractivity contribution in [2.75, 3.05) is 6.26 Å². The average Bonchev–Trinajstić information content (AvgIpc) is 2.97. The Kier molecular flexibility index (Phi) is 3.39. The van der Waals surface area contributed by atoms with Crippen LogP contribution in [0.3, 0.4) is 0 Å². The molecular weight excluding hydrogens is 272 g/mol. The van der Waals surface area contributed by atoms with Crippen molar-refractivity contribution in [1.29, 1.82) is 0 Å². The van der Waals surface area contributed by atoms with Crippen molar-refractivity contribution >= 4 is 11.8 Å². The molecule has 5 nitrogen and oxygen atoms in total. The van der Waals surface area contributed by atoms with E-state index in [0.717, 1.165) is 22.1 Å². The molecule has 2 aromatic heterocycles. The summed E-state index contributed by atoms with van der Waals surface area (Å²) in [6.07, 6.45) is 5.71. The molecule has 0 aliphatic carbocycles. The van der Waals surface area contributed by atoms with E-state index in [2.05, 4.69) is 15.2 Å². The fourth-order valence-corrected chi connectivity index (χ4v) is 2.46. The van der Waals surface area contributed by atoms with Crippen molar-refractivity contribution in [2.24, 2.45) is 0 Å². The first-order chi connectivity index (χ1) is 9.78. The highest BCUT2D eigenvalue weighted by Gasteiger charge is 2.04. The largest absolute Gasteiger partial charge is 0.295 e. The minimum Gasteiger partial charge on any atom is -0.295 e. The van der Waals surface area contributed by atoms with Gasteiger partial charge in [0.2, 0.25) is 0 Å². The highest BCUT2D eigenvalue weighted by atomic mass is 32.2. The van der Waals surface area contributed by atoms with E-state index in [4.69, 9.17) is 0 Å². The van der Waals surface area contributed by atoms with E-state index in [-0.39, 0.29) is 5.56 Å². The van der Waals surface area contributed by atoms with Crippen LogP contribution in [0.2, 0.25) is 0 Å². The van der Waals surface area contributed by atoms with Crippen LogP contribution in [-0.4, -0.2) is 26.0 Å². The molecule has 0 saturated carbocycles. The van der Waals surface area contributed by atoms with E-state index in [1.54, 1.807) is 24.0 Å². The van der Waals surface area contributed by atoms with Crippen LogP contribution in [0.1, 0.15) is 0 Å². The number of aromatic nitrogens is 4. The summed E-state index contributed by atoms with van der Waals surface area (Å²) in [4.78, 5) is 15.3. The molecule has 2 heterocycles. The van der Waals surface area contributed by atoms with Crippen LogP contribution in [0.4, 0.5) is 0 Å². The Hall–Kier alpha value is -2.34. The third-order valence-corrected chi connectivity index (χ3v) is 3.58. The second-order valence-electron chi connectivity index (χ2n) is 4.14. The second-order valence-corrected chi connectivity index (χ2v) is 4.91. The maximum atomic E-state index is 11.0. The Balaban J connectivity index is 1.95. The Morgan fingerprint density at radius 1 is 1.15 bits per heavy atom. The van der Waals surface area contributed by atoms with Crippen molar-refractivity contribution in [1.82, 2.24) is 19.7 Å². The van der Waals surface area contributed by atoms with Crippen LogP contribution in [0.15, 0.2) is 58.7 Å². The van der Waals surface area contributed by atoms with Crippen LogP contribution >= 0.6 is 11.8 Å². The quantitative estimate of drug-likeness (QED) is 0.750. The van der Waals surface area contributed by atoms with E-state index in [1.165, 1.54) is 6.07 Å². The summed E-state index contributed by atoms with van der Waals surface area (Å²) in [5, 5.41) is 7.39. The number of H-pyrrole nitrogens is 1. The van der Waals surface area contributed by atoms with Crippen LogP contribution in [0, 0.1) is 0 Å². The Labute approximate surface area is 119 Å². The predicted octanol–water partition coefficient (Wildman–Crippen LogP) is 2.34. The van der Waals surface area contributed by atoms with E-state index in [1.807, 2.05) is 41.3 Å². The van der Waals surface area contributed by atoms with Gasteiger partial charge in [0.1, 0.15) is 0 Å². The van der Waals surface area contributed by atoms with Crippen molar-refractivity contribution in [3.8, 4) is 16.9 Å². The van der Waals surface area contributed by atoms with E-state index >= 15 is 0 Å². The lowest BCUT2D eigenvalue weighted by molar-refractivity contribution is 0.898. The highest BCUT2D eigenvalue weighted by Crippen LogP contribution is 2.21. The number of hydrogen-bond acceptors (Lipinski definition) is 4. The van der Waals surface area contributed by atoms with E-state index in [0.29, 0.717) is 0 Å². The first kappa shape index (κ1) is 12.7. The highest BCUT2D eigenvalue weighted by molar-refractivity contribution is 7.98. The third kappa shape index (κ3) is 2.37. The number of benzene rings is 1. The zero-order valence-electron chi connectivity index (χ0n) is 10.8. The molecule has 6 heteroatoms. The SMILES string of the molecule is CSc1nccn1-c1ccc(-c2ccc(=O)[nH]n2)cc1. The molecule has 0 atom stereocenters. The standard InChI is InChI=1S/C14H12N4OS/c1-20-14-15-8-9-18(14)11-4-2-10(3-5-11)12-6-7-13(19)17-16-12/h2-9H,1H3,(H,17,19). The van der Waals surface area contributed by atoms with Gasteiger partial charge in [0.25, 0.3) is 5.56 Å². The smallest absolute Gasteiger partial charge is 0.264 e. The monoisotopic (exact) mass is 284 g/mol. The Bertz CT molecular complexity index is 756. The maximum absolute atomic E-state index is 11.0. The first-order valence-corrected chi connectivity index (χ1v) is 7.24. The van der Waals surface area contributed by atoms with Crippen molar-refractivity contribution in [3.63, 3.8) is 0 Å². The van der Waals surface area contributed by atoms with Gasteiger partial charge >= 0.3 is 0 Å². The van der Waals surface area contributed by atoms with Gasteiger partial charge in [-0.2, -0.15) is 5.10 Å². The number of nitrogens with zero attached hydrogens (tertiary/aromatic N) is 3. The zero-order valence-corrected chi connectivity index (χ0v) is 11.6. The number of thioether (sulfide) groups is 1. The molecule has 0 aliphatic heterocycles. The summed E-state index contributed by atoms with van der Waals surface area (Å²) in [5.74, 6) is 0. The van der Waals surface area contributed by atoms with Crippen molar-refractivity contribution in [3.05, 3.63) is 59.1 Å². The van der Waals surface area contributed by atoms with Crippen molar-refractivity contribution < 1.29 is 0 Å². The van der Waals surface area contributed by atoms with Crippen molar-refractivity contribution in [2.45, 2.75) is 5.16 Å². The predicted molar refractivity (Wildman–Crippen MR) is 79.2 cm³/mol. The molecule has 0 radical (unpaired) electrons. The average molecular weight is 284 g/mol. The van der Waals surface area contributed by atoms with Gasteiger partial charge in [-0.1, -0.05) is 23.9 Å². The molecule has 100 valence electrons. The van der Waals surface area contributed by atoms with Crippen LogP contribution in [-0.2, 0) is 0 Å². The van der Waals surface area contributed by atoms with Gasteiger partial charge in [0.05, 0.1) is 5.69 Å². The van der Waals surface area contributed by atoms with Crippen LogP contribution < -0.4 is 5.56 Å². The molecule has 20 heavy (non-hydrogen) atoms. The van der Waals surface area contributed by atoms with E-state index < -0.39 is 0 Å². The molecule has 0 bridgehead atoms. The summed E-state index contributed by atoms with van der Waals surface area (Å²) >= 11 is 1.60.